The van der Waals surface area contributed by atoms with Crippen LogP contribution < -0.4 is 10.6 Å². The Kier molecular flexibility index (Phi) is 3.90. The second-order valence-corrected chi connectivity index (χ2v) is 4.96. The Morgan fingerprint density at radius 2 is 1.67 bits per heavy atom. The van der Waals surface area contributed by atoms with E-state index in [1.807, 2.05) is 38.4 Å². The van der Waals surface area contributed by atoms with Crippen molar-refractivity contribution < 1.29 is 0 Å². The van der Waals surface area contributed by atoms with E-state index in [4.69, 9.17) is 17.3 Å². The van der Waals surface area contributed by atoms with Crippen LogP contribution in [-0.4, -0.2) is 14.1 Å². The number of rotatable bonds is 3. The fourth-order valence-electron chi connectivity index (χ4n) is 1.87. The predicted octanol–water partition coefficient (Wildman–Crippen LogP) is 3.45. The van der Waals surface area contributed by atoms with Crippen molar-refractivity contribution >= 4 is 17.3 Å². The van der Waals surface area contributed by atoms with Crippen molar-refractivity contribution in [2.75, 3.05) is 19.0 Å². The maximum Gasteiger partial charge on any atom is 0.0552 e. The number of nitrogens with two attached hydrogens (primary N) is 1. The molecule has 0 radical (unpaired) electrons. The van der Waals surface area contributed by atoms with Gasteiger partial charge in [-0.05, 0) is 35.4 Å². The Balaban J connectivity index is 2.26. The Bertz CT molecular complexity index is 520. The molecule has 2 aromatic rings. The number of anilines is 1. The molecule has 2 N–H and O–H groups in total. The van der Waals surface area contributed by atoms with Crippen LogP contribution in [0.4, 0.5) is 5.69 Å². The first-order valence-corrected chi connectivity index (χ1v) is 6.24. The van der Waals surface area contributed by atoms with Gasteiger partial charge in [0.05, 0.1) is 6.04 Å². The zero-order chi connectivity index (χ0) is 13.1. The monoisotopic (exact) mass is 260 g/mol. The molecule has 0 aromatic heterocycles. The fourth-order valence-corrected chi connectivity index (χ4v) is 2.07. The Labute approximate surface area is 113 Å². The van der Waals surface area contributed by atoms with Gasteiger partial charge in [0.15, 0.2) is 0 Å². The minimum Gasteiger partial charge on any atom is -0.378 e. The molecule has 0 aliphatic carbocycles. The Morgan fingerprint density at radius 1 is 1.00 bits per heavy atom. The van der Waals surface area contributed by atoms with E-state index in [9.17, 15) is 0 Å². The average molecular weight is 261 g/mol. The molecule has 2 aromatic carbocycles. The molecule has 1 unspecified atom stereocenters. The highest BCUT2D eigenvalue weighted by atomic mass is 35.5. The summed E-state index contributed by atoms with van der Waals surface area (Å²) in [7, 11) is 4.04. The van der Waals surface area contributed by atoms with E-state index in [0.29, 0.717) is 5.02 Å². The summed E-state index contributed by atoms with van der Waals surface area (Å²) in [6.45, 7) is 0. The van der Waals surface area contributed by atoms with Crippen LogP contribution in [0.1, 0.15) is 17.2 Å². The molecule has 0 heterocycles. The molecule has 0 amide bonds. The van der Waals surface area contributed by atoms with Gasteiger partial charge < -0.3 is 10.6 Å². The van der Waals surface area contributed by atoms with Crippen LogP contribution in [0.25, 0.3) is 0 Å². The van der Waals surface area contributed by atoms with E-state index in [1.54, 1.807) is 0 Å². The first-order chi connectivity index (χ1) is 8.58. The lowest BCUT2D eigenvalue weighted by Gasteiger charge is -2.16. The van der Waals surface area contributed by atoms with Gasteiger partial charge in [0.25, 0.3) is 0 Å². The molecule has 0 aliphatic heterocycles. The Morgan fingerprint density at radius 3 is 2.22 bits per heavy atom. The third kappa shape index (κ3) is 2.84. The summed E-state index contributed by atoms with van der Waals surface area (Å²) >= 11 is 5.98. The van der Waals surface area contributed by atoms with E-state index >= 15 is 0 Å². The van der Waals surface area contributed by atoms with Crippen molar-refractivity contribution in [1.29, 1.82) is 0 Å². The summed E-state index contributed by atoms with van der Waals surface area (Å²) in [6.07, 6.45) is 0. The summed E-state index contributed by atoms with van der Waals surface area (Å²) in [5.74, 6) is 0. The van der Waals surface area contributed by atoms with Gasteiger partial charge in [-0.15, -0.1) is 0 Å². The molecular weight excluding hydrogens is 244 g/mol. The molecule has 2 rings (SSSR count). The van der Waals surface area contributed by atoms with Crippen molar-refractivity contribution in [3.63, 3.8) is 0 Å². The minimum atomic E-state index is -0.139. The van der Waals surface area contributed by atoms with Crippen LogP contribution in [-0.2, 0) is 0 Å². The standard InChI is InChI=1S/C15H17ClN2/c1-18(2)14-8-6-11(7-9-14)15(17)12-4-3-5-13(16)10-12/h3-10,15H,17H2,1-2H3. The number of hydrogen-bond acceptors (Lipinski definition) is 2. The van der Waals surface area contributed by atoms with E-state index in [1.165, 1.54) is 0 Å². The second kappa shape index (κ2) is 5.42. The van der Waals surface area contributed by atoms with Gasteiger partial charge in [0.2, 0.25) is 0 Å². The van der Waals surface area contributed by atoms with Gasteiger partial charge in [-0.25, -0.2) is 0 Å². The lowest BCUT2D eigenvalue weighted by molar-refractivity contribution is 0.871. The molecule has 0 fully saturated rings. The molecule has 0 saturated heterocycles. The minimum absolute atomic E-state index is 0.139. The number of benzene rings is 2. The van der Waals surface area contributed by atoms with Crippen molar-refractivity contribution in [2.24, 2.45) is 5.73 Å². The summed E-state index contributed by atoms with van der Waals surface area (Å²) in [5.41, 5.74) is 9.52. The third-order valence-corrected chi connectivity index (χ3v) is 3.21. The van der Waals surface area contributed by atoms with Crippen LogP contribution in [0.15, 0.2) is 48.5 Å². The molecule has 0 aliphatic rings. The van der Waals surface area contributed by atoms with E-state index < -0.39 is 0 Å². The van der Waals surface area contributed by atoms with Gasteiger partial charge in [0.1, 0.15) is 0 Å². The van der Waals surface area contributed by atoms with Gasteiger partial charge >= 0.3 is 0 Å². The quantitative estimate of drug-likeness (QED) is 0.916. The molecular formula is C15H17ClN2. The molecule has 18 heavy (non-hydrogen) atoms. The van der Waals surface area contributed by atoms with Crippen molar-refractivity contribution in [1.82, 2.24) is 0 Å². The van der Waals surface area contributed by atoms with E-state index in [0.717, 1.165) is 16.8 Å². The van der Waals surface area contributed by atoms with Crippen LogP contribution in [0.3, 0.4) is 0 Å². The predicted molar refractivity (Wildman–Crippen MR) is 78.3 cm³/mol. The smallest absolute Gasteiger partial charge is 0.0552 e. The zero-order valence-electron chi connectivity index (χ0n) is 10.6. The highest BCUT2D eigenvalue weighted by molar-refractivity contribution is 6.30. The highest BCUT2D eigenvalue weighted by Gasteiger charge is 2.09. The molecule has 3 heteroatoms. The van der Waals surface area contributed by atoms with Crippen molar-refractivity contribution in [3.05, 3.63) is 64.7 Å². The van der Waals surface area contributed by atoms with Gasteiger partial charge in [-0.1, -0.05) is 35.9 Å². The van der Waals surface area contributed by atoms with Gasteiger partial charge in [0, 0.05) is 24.8 Å². The Hall–Kier alpha value is -1.51. The molecule has 0 saturated carbocycles. The maximum atomic E-state index is 6.24. The number of halogens is 1. The van der Waals surface area contributed by atoms with E-state index in [2.05, 4.69) is 29.2 Å². The molecule has 94 valence electrons. The topological polar surface area (TPSA) is 29.3 Å². The zero-order valence-corrected chi connectivity index (χ0v) is 11.4. The van der Waals surface area contributed by atoms with Crippen LogP contribution in [0, 0.1) is 0 Å². The summed E-state index contributed by atoms with van der Waals surface area (Å²) in [5, 5.41) is 0.716. The summed E-state index contributed by atoms with van der Waals surface area (Å²) < 4.78 is 0. The van der Waals surface area contributed by atoms with Crippen LogP contribution in [0.2, 0.25) is 5.02 Å². The third-order valence-electron chi connectivity index (χ3n) is 2.98. The largest absolute Gasteiger partial charge is 0.378 e. The lowest BCUT2D eigenvalue weighted by atomic mass is 9.99. The average Bonchev–Trinajstić information content (AvgIpc) is 2.38. The SMILES string of the molecule is CN(C)c1ccc(C(N)c2cccc(Cl)c2)cc1. The summed E-state index contributed by atoms with van der Waals surface area (Å²) in [6, 6.07) is 15.8. The number of nitrogens with zero attached hydrogens (tertiary/aromatic N) is 1. The van der Waals surface area contributed by atoms with Crippen molar-refractivity contribution in [3.8, 4) is 0 Å². The second-order valence-electron chi connectivity index (χ2n) is 4.52. The maximum absolute atomic E-state index is 6.24. The van der Waals surface area contributed by atoms with E-state index in [-0.39, 0.29) is 6.04 Å². The normalized spacial score (nSPS) is 12.2. The van der Waals surface area contributed by atoms with Gasteiger partial charge in [-0.3, -0.25) is 0 Å². The highest BCUT2D eigenvalue weighted by Crippen LogP contribution is 2.23. The first-order valence-electron chi connectivity index (χ1n) is 5.86. The summed E-state index contributed by atoms with van der Waals surface area (Å²) in [4.78, 5) is 2.06. The molecule has 2 nitrogen and oxygen atoms in total. The number of hydrogen-bond donors (Lipinski definition) is 1. The van der Waals surface area contributed by atoms with Crippen LogP contribution >= 0.6 is 11.6 Å². The molecule has 1 atom stereocenters. The van der Waals surface area contributed by atoms with Crippen LogP contribution in [0.5, 0.6) is 0 Å². The molecule has 0 bridgehead atoms. The van der Waals surface area contributed by atoms with Gasteiger partial charge in [-0.2, -0.15) is 0 Å². The first kappa shape index (κ1) is 12.9. The fraction of sp³-hybridized carbons (Fsp3) is 0.200. The lowest BCUT2D eigenvalue weighted by Crippen LogP contribution is -2.13. The van der Waals surface area contributed by atoms with Crippen molar-refractivity contribution in [2.45, 2.75) is 6.04 Å². The molecule has 0 spiro atoms.